The Labute approximate surface area is 110 Å². The van der Waals surface area contributed by atoms with E-state index in [1.54, 1.807) is 0 Å². The summed E-state index contributed by atoms with van der Waals surface area (Å²) in [5.41, 5.74) is 2.36. The van der Waals surface area contributed by atoms with Crippen LogP contribution in [0, 0.1) is 0 Å². The summed E-state index contributed by atoms with van der Waals surface area (Å²) in [5.74, 6) is 5.85. The molecule has 4 N–H and O–H groups in total. The topological polar surface area (TPSA) is 118 Å². The van der Waals surface area contributed by atoms with Crippen molar-refractivity contribution in [2.75, 3.05) is 30.5 Å². The van der Waals surface area contributed by atoms with E-state index in [0.717, 1.165) is 0 Å². The van der Waals surface area contributed by atoms with Crippen molar-refractivity contribution in [1.82, 2.24) is 20.3 Å². The molecule has 1 amide bonds. The van der Waals surface area contributed by atoms with Crippen LogP contribution in [0.4, 0.5) is 11.9 Å². The molecule has 1 atom stereocenters. The second kappa shape index (κ2) is 5.65. The van der Waals surface area contributed by atoms with Crippen molar-refractivity contribution < 1.29 is 9.53 Å². The largest absolute Gasteiger partial charge is 0.467 e. The number of hydrazine groups is 1. The van der Waals surface area contributed by atoms with Crippen molar-refractivity contribution in [3.63, 3.8) is 0 Å². The van der Waals surface area contributed by atoms with E-state index in [4.69, 9.17) is 10.6 Å². The van der Waals surface area contributed by atoms with Gasteiger partial charge in [0, 0.05) is 13.1 Å². The van der Waals surface area contributed by atoms with Crippen LogP contribution in [0.3, 0.4) is 0 Å². The number of nitrogens with two attached hydrogens (primary N) is 1. The molecule has 1 aromatic heterocycles. The maximum atomic E-state index is 11.8. The normalized spacial score (nSPS) is 19.0. The average Bonchev–Trinajstić information content (AvgIpc) is 2.46. The predicted octanol–water partition coefficient (Wildman–Crippen LogP) is -1.12. The molecule has 9 nitrogen and oxygen atoms in total. The van der Waals surface area contributed by atoms with E-state index >= 15 is 0 Å². The van der Waals surface area contributed by atoms with E-state index in [2.05, 4.69) is 25.7 Å². The van der Waals surface area contributed by atoms with E-state index < -0.39 is 0 Å². The molecule has 19 heavy (non-hydrogen) atoms. The summed E-state index contributed by atoms with van der Waals surface area (Å²) < 4.78 is 5.00. The van der Waals surface area contributed by atoms with Crippen molar-refractivity contribution in [3.05, 3.63) is 0 Å². The molecule has 2 rings (SSSR count). The molecule has 1 unspecified atom stereocenters. The highest BCUT2D eigenvalue weighted by molar-refractivity contribution is 5.85. The number of amides is 1. The molecule has 9 heteroatoms. The van der Waals surface area contributed by atoms with Crippen molar-refractivity contribution >= 4 is 17.8 Å². The lowest BCUT2D eigenvalue weighted by Crippen LogP contribution is -2.55. The Balaban J connectivity index is 2.35. The van der Waals surface area contributed by atoms with Crippen molar-refractivity contribution in [2.45, 2.75) is 19.4 Å². The molecule has 1 aromatic rings. The van der Waals surface area contributed by atoms with Crippen LogP contribution in [0.5, 0.6) is 6.01 Å². The van der Waals surface area contributed by atoms with E-state index in [1.165, 1.54) is 7.11 Å². The molecule has 0 aromatic carbocycles. The zero-order valence-corrected chi connectivity index (χ0v) is 10.9. The Kier molecular flexibility index (Phi) is 3.95. The van der Waals surface area contributed by atoms with Crippen molar-refractivity contribution in [1.29, 1.82) is 0 Å². The lowest BCUT2D eigenvalue weighted by atomic mass is 10.1. The first-order chi connectivity index (χ1) is 9.19. The van der Waals surface area contributed by atoms with Gasteiger partial charge in [0.05, 0.1) is 7.11 Å². The third kappa shape index (κ3) is 2.65. The van der Waals surface area contributed by atoms with Crippen LogP contribution < -0.4 is 26.2 Å². The fraction of sp³-hybridized carbons (Fsp3) is 0.600. The summed E-state index contributed by atoms with van der Waals surface area (Å²) in [6.45, 7) is 3.11. The van der Waals surface area contributed by atoms with Crippen molar-refractivity contribution in [3.8, 4) is 6.01 Å². The smallest absolute Gasteiger partial charge is 0.322 e. The fourth-order valence-electron chi connectivity index (χ4n) is 1.99. The first-order valence-corrected chi connectivity index (χ1v) is 6.00. The number of anilines is 2. The second-order valence-corrected chi connectivity index (χ2v) is 4.00. The fourth-order valence-corrected chi connectivity index (χ4v) is 1.99. The standard InChI is InChI=1S/C10H17N7O2/c1-3-6-7(18)12-4-5-17(6)9-13-8(16-11)14-10(15-9)19-2/h6H,3-5,11H2,1-2H3,(H,12,18)(H,13,14,15,16). The molecule has 104 valence electrons. The predicted molar refractivity (Wildman–Crippen MR) is 68.6 cm³/mol. The van der Waals surface area contributed by atoms with Crippen LogP contribution in [0.25, 0.3) is 0 Å². The number of nitrogens with one attached hydrogen (secondary N) is 2. The number of methoxy groups -OCH3 is 1. The highest BCUT2D eigenvalue weighted by Gasteiger charge is 2.30. The van der Waals surface area contributed by atoms with Gasteiger partial charge in [-0.05, 0) is 6.42 Å². The number of carbonyl (C=O) groups is 1. The van der Waals surface area contributed by atoms with Crippen LogP contribution in [0.2, 0.25) is 0 Å². The molecular weight excluding hydrogens is 250 g/mol. The molecule has 1 saturated heterocycles. The number of ether oxygens (including phenoxy) is 1. The first-order valence-electron chi connectivity index (χ1n) is 6.00. The van der Waals surface area contributed by atoms with Gasteiger partial charge in [-0.15, -0.1) is 0 Å². The highest BCUT2D eigenvalue weighted by atomic mass is 16.5. The molecule has 2 heterocycles. The van der Waals surface area contributed by atoms with Crippen LogP contribution in [-0.2, 0) is 4.79 Å². The monoisotopic (exact) mass is 267 g/mol. The number of rotatable bonds is 4. The number of nitrogen functional groups attached to an aromatic ring is 1. The quantitative estimate of drug-likeness (QED) is 0.464. The zero-order chi connectivity index (χ0) is 13.8. The Hall–Kier alpha value is -2.16. The molecule has 1 aliphatic heterocycles. The third-order valence-electron chi connectivity index (χ3n) is 2.89. The Morgan fingerprint density at radius 2 is 2.32 bits per heavy atom. The minimum atomic E-state index is -0.300. The number of hydrogen-bond donors (Lipinski definition) is 3. The van der Waals surface area contributed by atoms with Gasteiger partial charge in [-0.3, -0.25) is 10.2 Å². The second-order valence-electron chi connectivity index (χ2n) is 4.00. The lowest BCUT2D eigenvalue weighted by Gasteiger charge is -2.34. The molecule has 0 radical (unpaired) electrons. The maximum absolute atomic E-state index is 11.8. The van der Waals surface area contributed by atoms with Gasteiger partial charge in [0.2, 0.25) is 17.8 Å². The van der Waals surface area contributed by atoms with Crippen LogP contribution in [-0.4, -0.2) is 47.1 Å². The van der Waals surface area contributed by atoms with Gasteiger partial charge in [-0.2, -0.15) is 15.0 Å². The summed E-state index contributed by atoms with van der Waals surface area (Å²) in [7, 11) is 1.46. The molecule has 0 saturated carbocycles. The van der Waals surface area contributed by atoms with Crippen LogP contribution in [0.15, 0.2) is 0 Å². The van der Waals surface area contributed by atoms with Gasteiger partial charge in [-0.25, -0.2) is 5.84 Å². The third-order valence-corrected chi connectivity index (χ3v) is 2.89. The zero-order valence-electron chi connectivity index (χ0n) is 10.9. The number of nitrogens with zero attached hydrogens (tertiary/aromatic N) is 4. The molecule has 1 aliphatic rings. The highest BCUT2D eigenvalue weighted by Crippen LogP contribution is 2.19. The maximum Gasteiger partial charge on any atom is 0.322 e. The van der Waals surface area contributed by atoms with E-state index in [1.807, 2.05) is 11.8 Å². The number of hydrogen-bond acceptors (Lipinski definition) is 8. The van der Waals surface area contributed by atoms with Crippen LogP contribution >= 0.6 is 0 Å². The minimum Gasteiger partial charge on any atom is -0.467 e. The van der Waals surface area contributed by atoms with Gasteiger partial charge in [-0.1, -0.05) is 6.92 Å². The molecular formula is C10H17N7O2. The first kappa shape index (κ1) is 13.3. The van der Waals surface area contributed by atoms with Gasteiger partial charge in [0.1, 0.15) is 6.04 Å². The SMILES string of the molecule is CCC1C(=O)NCCN1c1nc(NN)nc(OC)n1. The average molecular weight is 267 g/mol. The van der Waals surface area contributed by atoms with Gasteiger partial charge >= 0.3 is 6.01 Å². The Morgan fingerprint density at radius 1 is 1.53 bits per heavy atom. The molecule has 0 bridgehead atoms. The van der Waals surface area contributed by atoms with E-state index in [-0.39, 0.29) is 23.9 Å². The number of piperazine rings is 1. The van der Waals surface area contributed by atoms with Gasteiger partial charge in [0.15, 0.2) is 0 Å². The summed E-state index contributed by atoms with van der Waals surface area (Å²) in [6, 6.07) is -0.148. The van der Waals surface area contributed by atoms with Gasteiger partial charge in [0.25, 0.3) is 0 Å². The Bertz CT molecular complexity index is 445. The number of carbonyl (C=O) groups excluding carboxylic acids is 1. The van der Waals surface area contributed by atoms with Gasteiger partial charge < -0.3 is 15.0 Å². The lowest BCUT2D eigenvalue weighted by molar-refractivity contribution is -0.123. The molecule has 0 aliphatic carbocycles. The summed E-state index contributed by atoms with van der Waals surface area (Å²) >= 11 is 0. The molecule has 1 fully saturated rings. The summed E-state index contributed by atoms with van der Waals surface area (Å²) in [5, 5.41) is 2.82. The summed E-state index contributed by atoms with van der Waals surface area (Å²) in [4.78, 5) is 25.9. The summed E-state index contributed by atoms with van der Waals surface area (Å²) in [6.07, 6.45) is 0.658. The number of aromatic nitrogens is 3. The van der Waals surface area contributed by atoms with E-state index in [9.17, 15) is 4.79 Å². The van der Waals surface area contributed by atoms with E-state index in [0.29, 0.717) is 25.5 Å². The van der Waals surface area contributed by atoms with Crippen LogP contribution in [0.1, 0.15) is 13.3 Å². The Morgan fingerprint density at radius 3 is 2.95 bits per heavy atom. The molecule has 0 spiro atoms. The van der Waals surface area contributed by atoms with Crippen molar-refractivity contribution in [2.24, 2.45) is 5.84 Å². The minimum absolute atomic E-state index is 0.0320.